The summed E-state index contributed by atoms with van der Waals surface area (Å²) >= 11 is 3.75. The van der Waals surface area contributed by atoms with Crippen molar-refractivity contribution in [2.45, 2.75) is 5.41 Å². The van der Waals surface area contributed by atoms with Gasteiger partial charge in [-0.1, -0.05) is 103 Å². The van der Waals surface area contributed by atoms with Crippen LogP contribution in [0.25, 0.3) is 51.5 Å². The Labute approximate surface area is 314 Å². The van der Waals surface area contributed by atoms with E-state index in [9.17, 15) is 0 Å². The first-order valence-corrected chi connectivity index (χ1v) is 19.6. The van der Waals surface area contributed by atoms with Gasteiger partial charge >= 0.3 is 0 Å². The van der Waals surface area contributed by atoms with Crippen molar-refractivity contribution in [2.24, 2.45) is 0 Å². The predicted octanol–water partition coefficient (Wildman–Crippen LogP) is 14.4. The molecule has 0 saturated heterocycles. The lowest BCUT2D eigenvalue weighted by atomic mass is 9.66. The maximum atomic E-state index is 6.60. The SMILES string of the molecule is c1ccc(N(c2ccc3sc4ccccc4c3c2)c2cccc3sc4cc5c(cc4c23)-c2ccccc2C52c3ccccc3Oc3ccccc32)cc1. The number of hydrogen-bond acceptors (Lipinski definition) is 4. The first-order chi connectivity index (χ1) is 26.3. The van der Waals surface area contributed by atoms with Gasteiger partial charge in [0.15, 0.2) is 0 Å². The smallest absolute Gasteiger partial charge is 0.132 e. The Morgan fingerprint density at radius 3 is 1.89 bits per heavy atom. The fourth-order valence-electron chi connectivity index (χ4n) is 9.20. The zero-order valence-corrected chi connectivity index (χ0v) is 30.0. The maximum Gasteiger partial charge on any atom is 0.132 e. The minimum Gasteiger partial charge on any atom is -0.457 e. The molecule has 1 aliphatic heterocycles. The van der Waals surface area contributed by atoms with Crippen molar-refractivity contribution in [2.75, 3.05) is 4.90 Å². The summed E-state index contributed by atoms with van der Waals surface area (Å²) in [6.45, 7) is 0. The lowest BCUT2D eigenvalue weighted by Gasteiger charge is -2.39. The van der Waals surface area contributed by atoms with Gasteiger partial charge in [-0.15, -0.1) is 22.7 Å². The Hall–Kier alpha value is -6.20. The van der Waals surface area contributed by atoms with Crippen LogP contribution >= 0.6 is 22.7 Å². The van der Waals surface area contributed by atoms with Crippen molar-refractivity contribution in [3.8, 4) is 22.6 Å². The van der Waals surface area contributed by atoms with Crippen LogP contribution in [-0.4, -0.2) is 0 Å². The lowest BCUT2D eigenvalue weighted by molar-refractivity contribution is 0.436. The van der Waals surface area contributed by atoms with E-state index in [1.54, 1.807) is 0 Å². The molecular formula is C49H29NOS2. The van der Waals surface area contributed by atoms with Gasteiger partial charge in [-0.25, -0.2) is 0 Å². The van der Waals surface area contributed by atoms with Crippen LogP contribution in [0.1, 0.15) is 22.3 Å². The molecule has 0 radical (unpaired) electrons. The van der Waals surface area contributed by atoms with E-state index in [1.165, 1.54) is 79.4 Å². The summed E-state index contributed by atoms with van der Waals surface area (Å²) in [5.74, 6) is 1.84. The Bertz CT molecular complexity index is 3070. The van der Waals surface area contributed by atoms with Gasteiger partial charge in [-0.05, 0) is 95.1 Å². The van der Waals surface area contributed by atoms with Gasteiger partial charge in [0, 0.05) is 62.8 Å². The van der Waals surface area contributed by atoms with Crippen LogP contribution in [0.2, 0.25) is 0 Å². The van der Waals surface area contributed by atoms with Crippen LogP contribution in [-0.2, 0) is 5.41 Å². The topological polar surface area (TPSA) is 12.5 Å². The van der Waals surface area contributed by atoms with E-state index >= 15 is 0 Å². The highest BCUT2D eigenvalue weighted by atomic mass is 32.1. The lowest BCUT2D eigenvalue weighted by Crippen LogP contribution is -2.32. The van der Waals surface area contributed by atoms with Gasteiger partial charge in [0.1, 0.15) is 11.5 Å². The molecule has 2 aromatic heterocycles. The highest BCUT2D eigenvalue weighted by Gasteiger charge is 2.51. The molecule has 0 fully saturated rings. The van der Waals surface area contributed by atoms with Gasteiger partial charge in [-0.2, -0.15) is 0 Å². The number of hydrogen-bond donors (Lipinski definition) is 0. The summed E-state index contributed by atoms with van der Waals surface area (Å²) in [6.07, 6.45) is 0. The first kappa shape index (κ1) is 29.4. The molecule has 248 valence electrons. The average Bonchev–Trinajstić information content (AvgIpc) is 3.86. The minimum absolute atomic E-state index is 0.487. The van der Waals surface area contributed by atoms with Crippen LogP contribution < -0.4 is 9.64 Å². The minimum atomic E-state index is -0.487. The van der Waals surface area contributed by atoms with Crippen molar-refractivity contribution >= 4 is 80.1 Å². The molecule has 2 nitrogen and oxygen atoms in total. The molecule has 1 aliphatic carbocycles. The zero-order chi connectivity index (χ0) is 34.7. The molecule has 4 heteroatoms. The third kappa shape index (κ3) is 3.97. The molecule has 0 unspecified atom stereocenters. The summed E-state index contributed by atoms with van der Waals surface area (Å²) in [5, 5.41) is 5.16. The second-order valence-electron chi connectivity index (χ2n) is 14.0. The van der Waals surface area contributed by atoms with Gasteiger partial charge in [0.2, 0.25) is 0 Å². The number of benzene rings is 8. The predicted molar refractivity (Wildman–Crippen MR) is 224 cm³/mol. The summed E-state index contributed by atoms with van der Waals surface area (Å²) in [5.41, 5.74) is 10.6. The van der Waals surface area contributed by atoms with Crippen molar-refractivity contribution in [1.82, 2.24) is 0 Å². The summed E-state index contributed by atoms with van der Waals surface area (Å²) in [4.78, 5) is 2.45. The van der Waals surface area contributed by atoms with Gasteiger partial charge in [-0.3, -0.25) is 0 Å². The van der Waals surface area contributed by atoms with Crippen molar-refractivity contribution in [3.63, 3.8) is 0 Å². The molecule has 0 bridgehead atoms. The highest BCUT2D eigenvalue weighted by Crippen LogP contribution is 2.63. The molecule has 2 aliphatic rings. The van der Waals surface area contributed by atoms with E-state index in [2.05, 4.69) is 181 Å². The Morgan fingerprint density at radius 2 is 1.06 bits per heavy atom. The van der Waals surface area contributed by atoms with Crippen LogP contribution in [0.15, 0.2) is 176 Å². The number of fused-ring (bicyclic) bond motifs is 15. The summed E-state index contributed by atoms with van der Waals surface area (Å²) in [7, 11) is 0. The Kier molecular flexibility index (Phi) is 6.05. The van der Waals surface area contributed by atoms with E-state index in [1.807, 2.05) is 22.7 Å². The molecule has 8 aromatic carbocycles. The van der Waals surface area contributed by atoms with Gasteiger partial charge in [0.05, 0.1) is 11.1 Å². The Balaban J connectivity index is 1.15. The standard InChI is InChI=1S/C49H29NOS2/c1-2-13-30(14-3-1)50(31-25-26-45-35(27-31)33-16-5-11-23-44(33)52-45)41-20-12-24-46-48(41)36-28-34-32-15-4-6-17-37(32)49(40(34)29-47(36)53-46)38-18-7-9-21-42(38)51-43-22-10-8-19-39(43)49/h1-29H. The molecule has 0 saturated carbocycles. The van der Waals surface area contributed by atoms with E-state index in [4.69, 9.17) is 4.74 Å². The largest absolute Gasteiger partial charge is 0.457 e. The van der Waals surface area contributed by atoms with Crippen LogP contribution in [0.3, 0.4) is 0 Å². The van der Waals surface area contributed by atoms with Gasteiger partial charge in [0.25, 0.3) is 0 Å². The van der Waals surface area contributed by atoms with E-state index in [0.717, 1.165) is 22.9 Å². The highest BCUT2D eigenvalue weighted by molar-refractivity contribution is 7.26. The van der Waals surface area contributed by atoms with E-state index < -0.39 is 5.41 Å². The third-order valence-electron chi connectivity index (χ3n) is 11.3. The molecule has 1 spiro atoms. The van der Waals surface area contributed by atoms with E-state index in [0.29, 0.717) is 0 Å². The van der Waals surface area contributed by atoms with Crippen LogP contribution in [0, 0.1) is 0 Å². The second-order valence-corrected chi connectivity index (χ2v) is 16.2. The van der Waals surface area contributed by atoms with Crippen LogP contribution in [0.5, 0.6) is 11.5 Å². The number of rotatable bonds is 3. The van der Waals surface area contributed by atoms with Crippen molar-refractivity contribution in [1.29, 1.82) is 0 Å². The molecule has 10 aromatic rings. The summed E-state index contributed by atoms with van der Waals surface area (Å²) < 4.78 is 11.8. The molecule has 0 N–H and O–H groups in total. The van der Waals surface area contributed by atoms with Crippen molar-refractivity contribution < 1.29 is 4.74 Å². The molecule has 12 rings (SSSR count). The molecule has 0 amide bonds. The monoisotopic (exact) mass is 711 g/mol. The number of para-hydroxylation sites is 3. The average molecular weight is 712 g/mol. The number of nitrogens with zero attached hydrogens (tertiary/aromatic N) is 1. The quantitative estimate of drug-likeness (QED) is 0.181. The number of thiophene rings is 2. The maximum absolute atomic E-state index is 6.60. The zero-order valence-electron chi connectivity index (χ0n) is 28.4. The molecule has 0 atom stereocenters. The summed E-state index contributed by atoms with van der Waals surface area (Å²) in [6, 6.07) is 64.5. The third-order valence-corrected chi connectivity index (χ3v) is 13.6. The fourth-order valence-corrected chi connectivity index (χ4v) is 11.4. The number of anilines is 3. The number of ether oxygens (including phenoxy) is 1. The van der Waals surface area contributed by atoms with Crippen LogP contribution in [0.4, 0.5) is 17.1 Å². The Morgan fingerprint density at radius 1 is 0.396 bits per heavy atom. The second kappa shape index (κ2) is 10.9. The molecule has 3 heterocycles. The van der Waals surface area contributed by atoms with Gasteiger partial charge < -0.3 is 9.64 Å². The molecule has 53 heavy (non-hydrogen) atoms. The molecular weight excluding hydrogens is 683 g/mol. The van der Waals surface area contributed by atoms with Crippen molar-refractivity contribution in [3.05, 3.63) is 198 Å². The normalized spacial score (nSPS) is 13.6. The fraction of sp³-hybridized carbons (Fsp3) is 0.0204. The first-order valence-electron chi connectivity index (χ1n) is 18.0. The van der Waals surface area contributed by atoms with E-state index in [-0.39, 0.29) is 0 Å².